The minimum Gasteiger partial charge on any atom is -0.354 e. The molecule has 4 amide bonds. The number of hydrogen-bond acceptors (Lipinski definition) is 4. The smallest absolute Gasteiger partial charge is 0.261 e. The fourth-order valence-corrected chi connectivity index (χ4v) is 4.03. The van der Waals surface area contributed by atoms with Crippen molar-refractivity contribution in [3.63, 3.8) is 0 Å². The molecule has 2 aliphatic rings. The third-order valence-corrected chi connectivity index (χ3v) is 5.68. The summed E-state index contributed by atoms with van der Waals surface area (Å²) < 4.78 is 0.744. The van der Waals surface area contributed by atoms with Gasteiger partial charge in [0.25, 0.3) is 11.8 Å². The van der Waals surface area contributed by atoms with Crippen LogP contribution >= 0.6 is 15.9 Å². The second kappa shape index (κ2) is 9.32. The largest absolute Gasteiger partial charge is 0.354 e. The Balaban J connectivity index is 1.34. The van der Waals surface area contributed by atoms with Crippen molar-refractivity contribution in [3.8, 4) is 0 Å². The zero-order chi connectivity index (χ0) is 20.1. The van der Waals surface area contributed by atoms with Crippen LogP contribution in [-0.2, 0) is 9.59 Å². The topological polar surface area (TPSA) is 95.6 Å². The van der Waals surface area contributed by atoms with Crippen LogP contribution in [0.15, 0.2) is 22.7 Å². The van der Waals surface area contributed by atoms with Crippen molar-refractivity contribution in [3.05, 3.63) is 33.8 Å². The van der Waals surface area contributed by atoms with E-state index >= 15 is 0 Å². The standard InChI is InChI=1S/C20H24BrN3O4/c21-14-7-8-15-16(12-14)20(28)24(19(15)27)11-3-6-17(25)22-9-10-23-18(26)13-4-1-2-5-13/h7-8,12-13H,1-6,9-11H2,(H,22,25)(H,23,26). The first kappa shape index (κ1) is 20.5. The Bertz CT molecular complexity index is 790. The molecule has 0 saturated heterocycles. The van der Waals surface area contributed by atoms with E-state index in [1.165, 1.54) is 4.90 Å². The third-order valence-electron chi connectivity index (χ3n) is 5.19. The van der Waals surface area contributed by atoms with E-state index in [1.54, 1.807) is 18.2 Å². The molecular weight excluding hydrogens is 426 g/mol. The number of nitrogens with one attached hydrogen (secondary N) is 2. The quantitative estimate of drug-likeness (QED) is 0.469. The number of imide groups is 1. The summed E-state index contributed by atoms with van der Waals surface area (Å²) in [7, 11) is 0. The maximum Gasteiger partial charge on any atom is 0.261 e. The molecule has 28 heavy (non-hydrogen) atoms. The van der Waals surface area contributed by atoms with Crippen LogP contribution in [0.3, 0.4) is 0 Å². The molecular formula is C20H24BrN3O4. The number of amides is 4. The van der Waals surface area contributed by atoms with Crippen LogP contribution in [0.25, 0.3) is 0 Å². The van der Waals surface area contributed by atoms with Crippen LogP contribution in [-0.4, -0.2) is 48.2 Å². The van der Waals surface area contributed by atoms with E-state index in [0.717, 1.165) is 30.2 Å². The Morgan fingerprint density at radius 3 is 2.46 bits per heavy atom. The van der Waals surface area contributed by atoms with Gasteiger partial charge in [0.15, 0.2) is 0 Å². The highest BCUT2D eigenvalue weighted by molar-refractivity contribution is 9.10. The molecule has 7 nitrogen and oxygen atoms in total. The Labute approximate surface area is 172 Å². The summed E-state index contributed by atoms with van der Waals surface area (Å²) in [6.45, 7) is 0.989. The summed E-state index contributed by atoms with van der Waals surface area (Å²) in [5.74, 6) is -0.603. The Kier molecular flexibility index (Phi) is 6.83. The highest BCUT2D eigenvalue weighted by Gasteiger charge is 2.35. The lowest BCUT2D eigenvalue weighted by atomic mass is 10.1. The minimum absolute atomic E-state index is 0.0732. The van der Waals surface area contributed by atoms with E-state index in [-0.39, 0.29) is 42.5 Å². The number of nitrogens with zero attached hydrogens (tertiary/aromatic N) is 1. The van der Waals surface area contributed by atoms with Gasteiger partial charge in [-0.1, -0.05) is 28.8 Å². The number of hydrogen-bond donors (Lipinski definition) is 2. The van der Waals surface area contributed by atoms with Gasteiger partial charge in [0.05, 0.1) is 11.1 Å². The summed E-state index contributed by atoms with van der Waals surface area (Å²) in [5, 5.41) is 5.60. The molecule has 150 valence electrons. The summed E-state index contributed by atoms with van der Waals surface area (Å²) in [4.78, 5) is 49.7. The van der Waals surface area contributed by atoms with Gasteiger partial charge in [-0.15, -0.1) is 0 Å². The van der Waals surface area contributed by atoms with Crippen molar-refractivity contribution in [2.24, 2.45) is 5.92 Å². The van der Waals surface area contributed by atoms with Crippen LogP contribution < -0.4 is 10.6 Å². The van der Waals surface area contributed by atoms with Gasteiger partial charge in [-0.05, 0) is 37.5 Å². The molecule has 1 aliphatic carbocycles. The minimum atomic E-state index is -0.323. The maximum absolute atomic E-state index is 12.4. The number of halogens is 1. The average molecular weight is 450 g/mol. The molecule has 1 aromatic carbocycles. The number of benzene rings is 1. The van der Waals surface area contributed by atoms with Gasteiger partial charge in [0.2, 0.25) is 11.8 Å². The molecule has 0 aromatic heterocycles. The van der Waals surface area contributed by atoms with Crippen molar-refractivity contribution in [2.45, 2.75) is 38.5 Å². The Hall–Kier alpha value is -2.22. The van der Waals surface area contributed by atoms with E-state index < -0.39 is 0 Å². The second-order valence-electron chi connectivity index (χ2n) is 7.18. The molecule has 0 spiro atoms. The predicted molar refractivity (Wildman–Crippen MR) is 107 cm³/mol. The highest BCUT2D eigenvalue weighted by atomic mass is 79.9. The highest BCUT2D eigenvalue weighted by Crippen LogP contribution is 2.26. The zero-order valence-corrected chi connectivity index (χ0v) is 17.2. The van der Waals surface area contributed by atoms with Crippen molar-refractivity contribution < 1.29 is 19.2 Å². The normalized spacial score (nSPS) is 16.4. The van der Waals surface area contributed by atoms with Gasteiger partial charge in [0.1, 0.15) is 0 Å². The monoisotopic (exact) mass is 449 g/mol. The van der Waals surface area contributed by atoms with Gasteiger partial charge >= 0.3 is 0 Å². The first-order chi connectivity index (χ1) is 13.5. The Morgan fingerprint density at radius 2 is 1.71 bits per heavy atom. The summed E-state index contributed by atoms with van der Waals surface area (Å²) in [6.07, 6.45) is 4.74. The molecule has 8 heteroatoms. The number of carbonyl (C=O) groups is 4. The van der Waals surface area contributed by atoms with Gasteiger partial charge < -0.3 is 10.6 Å². The lowest BCUT2D eigenvalue weighted by Gasteiger charge is -2.14. The second-order valence-corrected chi connectivity index (χ2v) is 8.09. The average Bonchev–Trinajstić information content (AvgIpc) is 3.29. The number of rotatable bonds is 8. The molecule has 0 atom stereocenters. The van der Waals surface area contributed by atoms with Gasteiger partial charge in [-0.3, -0.25) is 24.1 Å². The fraction of sp³-hybridized carbons (Fsp3) is 0.500. The molecule has 1 aliphatic heterocycles. The van der Waals surface area contributed by atoms with Crippen LogP contribution in [0.5, 0.6) is 0 Å². The summed E-state index contributed by atoms with van der Waals surface area (Å²) >= 11 is 3.30. The number of fused-ring (bicyclic) bond motifs is 1. The summed E-state index contributed by atoms with van der Waals surface area (Å²) in [6, 6.07) is 5.00. The Morgan fingerprint density at radius 1 is 1.04 bits per heavy atom. The van der Waals surface area contributed by atoms with E-state index in [1.807, 2.05) is 0 Å². The maximum atomic E-state index is 12.4. The summed E-state index contributed by atoms with van der Waals surface area (Å²) in [5.41, 5.74) is 0.789. The van der Waals surface area contributed by atoms with Gasteiger partial charge in [-0.2, -0.15) is 0 Å². The van der Waals surface area contributed by atoms with E-state index in [2.05, 4.69) is 26.6 Å². The first-order valence-corrected chi connectivity index (χ1v) is 10.5. The molecule has 1 fully saturated rings. The lowest BCUT2D eigenvalue weighted by Crippen LogP contribution is -2.37. The zero-order valence-electron chi connectivity index (χ0n) is 15.6. The molecule has 1 aromatic rings. The molecule has 1 heterocycles. The van der Waals surface area contributed by atoms with Gasteiger partial charge in [-0.25, -0.2) is 0 Å². The van der Waals surface area contributed by atoms with E-state index in [0.29, 0.717) is 30.6 Å². The molecule has 0 unspecified atom stereocenters. The van der Waals surface area contributed by atoms with Crippen LogP contribution in [0.2, 0.25) is 0 Å². The van der Waals surface area contributed by atoms with Crippen LogP contribution in [0, 0.1) is 5.92 Å². The van der Waals surface area contributed by atoms with E-state index in [9.17, 15) is 19.2 Å². The molecule has 0 radical (unpaired) electrons. The molecule has 2 N–H and O–H groups in total. The predicted octanol–water partition coefficient (Wildman–Crippen LogP) is 2.25. The lowest BCUT2D eigenvalue weighted by molar-refractivity contribution is -0.125. The van der Waals surface area contributed by atoms with Crippen molar-refractivity contribution in [1.29, 1.82) is 0 Å². The van der Waals surface area contributed by atoms with Crippen molar-refractivity contribution in [2.75, 3.05) is 19.6 Å². The molecule has 1 saturated carbocycles. The fourth-order valence-electron chi connectivity index (χ4n) is 3.67. The first-order valence-electron chi connectivity index (χ1n) is 9.67. The van der Waals surface area contributed by atoms with Crippen molar-refractivity contribution >= 4 is 39.6 Å². The van der Waals surface area contributed by atoms with E-state index in [4.69, 9.17) is 0 Å². The van der Waals surface area contributed by atoms with Crippen LogP contribution in [0.1, 0.15) is 59.2 Å². The molecule has 0 bridgehead atoms. The third kappa shape index (κ3) is 4.79. The molecule has 3 rings (SSSR count). The number of carbonyl (C=O) groups excluding carboxylic acids is 4. The van der Waals surface area contributed by atoms with Crippen LogP contribution in [0.4, 0.5) is 0 Å². The SMILES string of the molecule is O=C(CCCN1C(=O)c2ccc(Br)cc2C1=O)NCCNC(=O)C1CCCC1. The van der Waals surface area contributed by atoms with Gasteiger partial charge in [0, 0.05) is 36.4 Å². The van der Waals surface area contributed by atoms with Crippen molar-refractivity contribution in [1.82, 2.24) is 15.5 Å².